The van der Waals surface area contributed by atoms with Crippen LogP contribution in [0.4, 0.5) is 0 Å². The van der Waals surface area contributed by atoms with Gasteiger partial charge in [-0.2, -0.15) is 0 Å². The molecule has 120 valence electrons. The van der Waals surface area contributed by atoms with E-state index in [0.29, 0.717) is 6.61 Å². The first kappa shape index (κ1) is 15.2. The largest absolute Gasteiger partial charge is 0.351 e. The van der Waals surface area contributed by atoms with Crippen molar-refractivity contribution in [3.05, 3.63) is 70.8 Å². The standard InChI is InChI=1S/C19H21ClN2O/c1-22(2)11-12-23-19-15-9-5-3-7-13(15)17(20)18(21-19)14-8-4-6-10-16(14)19/h3-10,17-18,21H,11-12H2,1-2H3. The van der Waals surface area contributed by atoms with E-state index >= 15 is 0 Å². The van der Waals surface area contributed by atoms with Gasteiger partial charge in [-0.25, -0.2) is 0 Å². The number of nitrogens with one attached hydrogen (secondary N) is 1. The van der Waals surface area contributed by atoms with Gasteiger partial charge in [0.15, 0.2) is 5.72 Å². The quantitative estimate of drug-likeness (QED) is 0.871. The molecule has 2 aromatic rings. The summed E-state index contributed by atoms with van der Waals surface area (Å²) in [6, 6.07) is 16.9. The van der Waals surface area contributed by atoms with E-state index in [-0.39, 0.29) is 11.4 Å². The highest BCUT2D eigenvalue weighted by atomic mass is 35.5. The molecule has 0 fully saturated rings. The Kier molecular flexibility index (Phi) is 3.69. The summed E-state index contributed by atoms with van der Waals surface area (Å²) in [5.74, 6) is 0. The molecule has 1 N–H and O–H groups in total. The summed E-state index contributed by atoms with van der Waals surface area (Å²) in [5.41, 5.74) is 4.16. The second-order valence-electron chi connectivity index (χ2n) is 6.53. The van der Waals surface area contributed by atoms with Crippen molar-refractivity contribution < 1.29 is 4.74 Å². The van der Waals surface area contributed by atoms with Crippen molar-refractivity contribution in [3.63, 3.8) is 0 Å². The molecule has 0 aliphatic carbocycles. The van der Waals surface area contributed by atoms with Crippen molar-refractivity contribution in [1.82, 2.24) is 10.2 Å². The van der Waals surface area contributed by atoms with E-state index in [9.17, 15) is 0 Å². The maximum atomic E-state index is 6.79. The van der Waals surface area contributed by atoms with Crippen molar-refractivity contribution >= 4 is 11.6 Å². The van der Waals surface area contributed by atoms with Gasteiger partial charge < -0.3 is 9.64 Å². The summed E-state index contributed by atoms with van der Waals surface area (Å²) in [6.07, 6.45) is 0. The van der Waals surface area contributed by atoms with Crippen molar-refractivity contribution in [3.8, 4) is 0 Å². The van der Waals surface area contributed by atoms with Crippen LogP contribution in [0, 0.1) is 0 Å². The van der Waals surface area contributed by atoms with Gasteiger partial charge in [0.05, 0.1) is 18.0 Å². The average molecular weight is 329 g/mol. The SMILES string of the molecule is CN(C)CCOC12NC(c3ccccc31)C(Cl)c1ccccc12. The zero-order valence-corrected chi connectivity index (χ0v) is 14.2. The summed E-state index contributed by atoms with van der Waals surface area (Å²) in [5, 5.41) is 3.59. The summed E-state index contributed by atoms with van der Waals surface area (Å²) in [4.78, 5) is 2.13. The number of benzene rings is 2. The van der Waals surface area contributed by atoms with Crippen molar-refractivity contribution in [1.29, 1.82) is 0 Å². The lowest BCUT2D eigenvalue weighted by atomic mass is 9.90. The number of hydrogen-bond donors (Lipinski definition) is 1. The lowest BCUT2D eigenvalue weighted by molar-refractivity contribution is -0.0518. The third-order valence-corrected chi connectivity index (χ3v) is 5.31. The molecule has 2 heterocycles. The lowest BCUT2D eigenvalue weighted by Crippen LogP contribution is -2.47. The lowest BCUT2D eigenvalue weighted by Gasteiger charge is -2.39. The summed E-state index contributed by atoms with van der Waals surface area (Å²) < 4.78 is 6.46. The van der Waals surface area contributed by atoms with Gasteiger partial charge in [-0.05, 0) is 25.2 Å². The first-order valence-electron chi connectivity index (χ1n) is 8.03. The van der Waals surface area contributed by atoms with Crippen LogP contribution in [-0.4, -0.2) is 32.1 Å². The van der Waals surface area contributed by atoms with Gasteiger partial charge in [0.1, 0.15) is 0 Å². The maximum Gasteiger partial charge on any atom is 0.172 e. The van der Waals surface area contributed by atoms with Crippen molar-refractivity contribution in [2.75, 3.05) is 27.2 Å². The predicted octanol–water partition coefficient (Wildman–Crippen LogP) is 3.40. The molecule has 0 spiro atoms. The first-order chi connectivity index (χ1) is 11.1. The maximum absolute atomic E-state index is 6.79. The van der Waals surface area contributed by atoms with Gasteiger partial charge in [-0.3, -0.25) is 5.32 Å². The van der Waals surface area contributed by atoms with Crippen LogP contribution in [0.25, 0.3) is 0 Å². The Bertz CT molecular complexity index is 733. The minimum absolute atomic E-state index is 0.0829. The molecule has 3 nitrogen and oxygen atoms in total. The van der Waals surface area contributed by atoms with Crippen molar-refractivity contribution in [2.24, 2.45) is 0 Å². The zero-order valence-electron chi connectivity index (χ0n) is 13.4. The molecule has 2 aromatic carbocycles. The Balaban J connectivity index is 1.85. The Labute approximate surface area is 142 Å². The van der Waals surface area contributed by atoms with E-state index in [4.69, 9.17) is 16.3 Å². The molecule has 3 unspecified atom stereocenters. The van der Waals surface area contributed by atoms with Crippen LogP contribution in [0.1, 0.15) is 33.7 Å². The molecule has 0 aromatic heterocycles. The van der Waals surface area contributed by atoms with Gasteiger partial charge in [0, 0.05) is 17.7 Å². The van der Waals surface area contributed by atoms with Gasteiger partial charge in [-0.15, -0.1) is 11.6 Å². The van der Waals surface area contributed by atoms with Crippen LogP contribution in [0.3, 0.4) is 0 Å². The van der Waals surface area contributed by atoms with Crippen LogP contribution in [0.5, 0.6) is 0 Å². The number of rotatable bonds is 4. The number of alkyl halides is 1. The van der Waals surface area contributed by atoms with Gasteiger partial charge in [0.25, 0.3) is 0 Å². The predicted molar refractivity (Wildman–Crippen MR) is 92.6 cm³/mol. The van der Waals surface area contributed by atoms with Crippen molar-refractivity contribution in [2.45, 2.75) is 17.1 Å². The molecule has 2 aliphatic heterocycles. The second-order valence-corrected chi connectivity index (χ2v) is 7.00. The molecule has 2 bridgehead atoms. The van der Waals surface area contributed by atoms with Crippen LogP contribution < -0.4 is 5.32 Å². The minimum atomic E-state index is -0.584. The third kappa shape index (κ3) is 2.23. The highest BCUT2D eigenvalue weighted by molar-refractivity contribution is 6.21. The minimum Gasteiger partial charge on any atom is -0.351 e. The highest BCUT2D eigenvalue weighted by Gasteiger charge is 2.53. The molecule has 0 saturated carbocycles. The van der Waals surface area contributed by atoms with E-state index in [1.807, 2.05) is 0 Å². The molecule has 0 saturated heterocycles. The van der Waals surface area contributed by atoms with Crippen LogP contribution in [-0.2, 0) is 10.5 Å². The molecular weight excluding hydrogens is 308 g/mol. The molecule has 2 aliphatic rings. The molecule has 0 radical (unpaired) electrons. The number of halogens is 1. The Morgan fingerprint density at radius 2 is 1.65 bits per heavy atom. The molecule has 4 rings (SSSR count). The molecule has 23 heavy (non-hydrogen) atoms. The fourth-order valence-electron chi connectivity index (χ4n) is 3.73. The van der Waals surface area contributed by atoms with E-state index in [1.165, 1.54) is 16.7 Å². The normalized spacial score (nSPS) is 27.8. The number of nitrogens with zero attached hydrogens (tertiary/aromatic N) is 1. The summed E-state index contributed by atoms with van der Waals surface area (Å²) >= 11 is 6.79. The number of likely N-dealkylation sites (N-methyl/N-ethyl adjacent to an activating group) is 1. The number of fused-ring (bicyclic) bond motifs is 7. The Hall–Kier alpha value is -1.39. The number of ether oxygens (including phenoxy) is 1. The zero-order chi connectivity index (χ0) is 16.0. The van der Waals surface area contributed by atoms with Crippen LogP contribution in [0.2, 0.25) is 0 Å². The van der Waals surface area contributed by atoms with E-state index < -0.39 is 5.72 Å². The molecule has 3 atom stereocenters. The summed E-state index contributed by atoms with van der Waals surface area (Å²) in [6.45, 7) is 1.53. The van der Waals surface area contributed by atoms with Gasteiger partial charge in [0.2, 0.25) is 0 Å². The van der Waals surface area contributed by atoms with E-state index in [0.717, 1.165) is 12.1 Å². The number of hydrogen-bond acceptors (Lipinski definition) is 3. The van der Waals surface area contributed by atoms with E-state index in [2.05, 4.69) is 72.8 Å². The third-order valence-electron chi connectivity index (χ3n) is 4.82. The Morgan fingerprint density at radius 1 is 1.04 bits per heavy atom. The second kappa shape index (κ2) is 5.60. The van der Waals surface area contributed by atoms with Crippen LogP contribution in [0.15, 0.2) is 48.5 Å². The topological polar surface area (TPSA) is 24.5 Å². The van der Waals surface area contributed by atoms with E-state index in [1.54, 1.807) is 0 Å². The average Bonchev–Trinajstić information content (AvgIpc) is 2.86. The first-order valence-corrected chi connectivity index (χ1v) is 8.46. The molecule has 4 heteroatoms. The Morgan fingerprint density at radius 3 is 2.35 bits per heavy atom. The molecule has 0 amide bonds. The van der Waals surface area contributed by atoms with Gasteiger partial charge >= 0.3 is 0 Å². The molecular formula is C19H21ClN2O. The fourth-order valence-corrected chi connectivity index (χ4v) is 4.12. The fraction of sp³-hybridized carbons (Fsp3) is 0.368. The monoisotopic (exact) mass is 328 g/mol. The van der Waals surface area contributed by atoms with Crippen LogP contribution >= 0.6 is 11.6 Å². The smallest absolute Gasteiger partial charge is 0.172 e. The highest BCUT2D eigenvalue weighted by Crippen LogP contribution is 2.55. The van der Waals surface area contributed by atoms with Gasteiger partial charge in [-0.1, -0.05) is 48.5 Å². The summed E-state index contributed by atoms with van der Waals surface area (Å²) in [7, 11) is 4.12.